The molecule has 3 nitrogen and oxygen atoms in total. The molecular formula is C20H24N2O. The second-order valence-corrected chi connectivity index (χ2v) is 5.98. The number of para-hydroxylation sites is 1. The molecule has 0 saturated heterocycles. The lowest BCUT2D eigenvalue weighted by Crippen LogP contribution is -2.01. The van der Waals surface area contributed by atoms with Crippen LogP contribution in [0.1, 0.15) is 31.7 Å². The Morgan fingerprint density at radius 2 is 1.83 bits per heavy atom. The lowest BCUT2D eigenvalue weighted by molar-refractivity contribution is 0.415. The molecule has 1 heterocycles. The van der Waals surface area contributed by atoms with E-state index in [-0.39, 0.29) is 0 Å². The van der Waals surface area contributed by atoms with Gasteiger partial charge in [0.2, 0.25) is 0 Å². The summed E-state index contributed by atoms with van der Waals surface area (Å²) in [6.07, 6.45) is 3.64. The van der Waals surface area contributed by atoms with E-state index >= 15 is 0 Å². The summed E-state index contributed by atoms with van der Waals surface area (Å²) in [6, 6.07) is 14.6. The number of aromatic nitrogens is 2. The van der Waals surface area contributed by atoms with Gasteiger partial charge in [-0.1, -0.05) is 38.0 Å². The summed E-state index contributed by atoms with van der Waals surface area (Å²) in [5.41, 5.74) is 4.74. The van der Waals surface area contributed by atoms with Gasteiger partial charge in [-0.2, -0.15) is 5.10 Å². The van der Waals surface area contributed by atoms with Crippen LogP contribution in [0.5, 0.6) is 5.75 Å². The van der Waals surface area contributed by atoms with Crippen LogP contribution in [0.4, 0.5) is 0 Å². The maximum absolute atomic E-state index is 5.26. The first-order chi connectivity index (χ1) is 11.2. The highest BCUT2D eigenvalue weighted by Gasteiger charge is 2.13. The van der Waals surface area contributed by atoms with Gasteiger partial charge in [-0.05, 0) is 43.2 Å². The summed E-state index contributed by atoms with van der Waals surface area (Å²) in [4.78, 5) is 0. The highest BCUT2D eigenvalue weighted by Crippen LogP contribution is 2.31. The van der Waals surface area contributed by atoms with Gasteiger partial charge in [-0.25, -0.2) is 0 Å². The third kappa shape index (κ3) is 3.09. The maximum atomic E-state index is 5.26. The van der Waals surface area contributed by atoms with Gasteiger partial charge in [0.1, 0.15) is 11.4 Å². The molecule has 1 aromatic heterocycles. The van der Waals surface area contributed by atoms with Crippen LogP contribution < -0.4 is 4.74 Å². The first kappa shape index (κ1) is 15.6. The third-order valence-electron chi connectivity index (χ3n) is 4.31. The Labute approximate surface area is 137 Å². The van der Waals surface area contributed by atoms with Crippen LogP contribution in [0.25, 0.3) is 22.2 Å². The number of ether oxygens (including phenoxy) is 1. The minimum atomic E-state index is 0.872. The lowest BCUT2D eigenvalue weighted by atomic mass is 10.1. The average molecular weight is 308 g/mol. The number of hydrogen-bond acceptors (Lipinski definition) is 2. The molecule has 0 unspecified atom stereocenters. The van der Waals surface area contributed by atoms with Crippen molar-refractivity contribution in [2.75, 3.05) is 7.11 Å². The molecule has 3 rings (SSSR count). The fourth-order valence-corrected chi connectivity index (χ4v) is 3.05. The third-order valence-corrected chi connectivity index (χ3v) is 4.31. The molecule has 0 fully saturated rings. The number of benzene rings is 2. The minimum absolute atomic E-state index is 0.872. The fraction of sp³-hybridized carbons (Fsp3) is 0.350. The minimum Gasteiger partial charge on any atom is -0.497 e. The Hall–Kier alpha value is -2.29. The van der Waals surface area contributed by atoms with Crippen molar-refractivity contribution in [2.24, 2.45) is 0 Å². The molecule has 0 atom stereocenters. The van der Waals surface area contributed by atoms with E-state index in [4.69, 9.17) is 9.84 Å². The standard InChI is InChI=1S/C20H24N2O/c1-4-5-6-14-22-20-15(2)8-7-9-18(20)19(21-22)16-10-12-17(23-3)13-11-16/h7-13H,4-6,14H2,1-3H3. The van der Waals surface area contributed by atoms with Crippen molar-refractivity contribution in [1.29, 1.82) is 0 Å². The number of fused-ring (bicyclic) bond motifs is 1. The molecule has 3 aromatic rings. The Morgan fingerprint density at radius 1 is 1.04 bits per heavy atom. The number of methoxy groups -OCH3 is 1. The monoisotopic (exact) mass is 308 g/mol. The molecule has 0 amide bonds. The van der Waals surface area contributed by atoms with E-state index in [2.05, 4.69) is 48.9 Å². The lowest BCUT2D eigenvalue weighted by Gasteiger charge is -2.04. The topological polar surface area (TPSA) is 27.1 Å². The van der Waals surface area contributed by atoms with Crippen molar-refractivity contribution < 1.29 is 4.74 Å². The average Bonchev–Trinajstić information content (AvgIpc) is 2.95. The molecule has 0 N–H and O–H groups in total. The van der Waals surface area contributed by atoms with Gasteiger partial charge < -0.3 is 4.74 Å². The molecule has 0 bridgehead atoms. The van der Waals surface area contributed by atoms with Crippen molar-refractivity contribution in [2.45, 2.75) is 39.7 Å². The van der Waals surface area contributed by atoms with Crippen LogP contribution in [-0.2, 0) is 6.54 Å². The Morgan fingerprint density at radius 3 is 2.52 bits per heavy atom. The SMILES string of the molecule is CCCCCn1nc(-c2ccc(OC)cc2)c2cccc(C)c21. The summed E-state index contributed by atoms with van der Waals surface area (Å²) < 4.78 is 7.44. The molecule has 120 valence electrons. The molecule has 3 heteroatoms. The van der Waals surface area contributed by atoms with E-state index < -0.39 is 0 Å². The highest BCUT2D eigenvalue weighted by molar-refractivity contribution is 5.95. The predicted molar refractivity (Wildman–Crippen MR) is 96.0 cm³/mol. The van der Waals surface area contributed by atoms with E-state index in [9.17, 15) is 0 Å². The second kappa shape index (κ2) is 6.86. The molecule has 2 aromatic carbocycles. The second-order valence-electron chi connectivity index (χ2n) is 5.98. The largest absolute Gasteiger partial charge is 0.497 e. The number of hydrogen-bond donors (Lipinski definition) is 0. The van der Waals surface area contributed by atoms with Crippen LogP contribution >= 0.6 is 0 Å². The Kier molecular flexibility index (Phi) is 4.65. The first-order valence-electron chi connectivity index (χ1n) is 8.35. The van der Waals surface area contributed by atoms with Crippen molar-refractivity contribution in [3.8, 4) is 17.0 Å². The number of rotatable bonds is 6. The van der Waals surface area contributed by atoms with Crippen molar-refractivity contribution in [3.63, 3.8) is 0 Å². The molecule has 0 spiro atoms. The van der Waals surface area contributed by atoms with E-state index in [1.54, 1.807) is 7.11 Å². The maximum Gasteiger partial charge on any atom is 0.118 e. The zero-order chi connectivity index (χ0) is 16.2. The summed E-state index contributed by atoms with van der Waals surface area (Å²) in [5.74, 6) is 0.872. The van der Waals surface area contributed by atoms with E-state index in [0.29, 0.717) is 0 Å². The van der Waals surface area contributed by atoms with Crippen molar-refractivity contribution >= 4 is 10.9 Å². The summed E-state index contributed by atoms with van der Waals surface area (Å²) in [5, 5.41) is 6.15. The van der Waals surface area contributed by atoms with Gasteiger partial charge in [0, 0.05) is 17.5 Å². The quantitative estimate of drug-likeness (QED) is 0.584. The molecule has 0 aliphatic rings. The van der Waals surface area contributed by atoms with Gasteiger partial charge in [-0.15, -0.1) is 0 Å². The van der Waals surface area contributed by atoms with Gasteiger partial charge in [0.25, 0.3) is 0 Å². The van der Waals surface area contributed by atoms with Crippen molar-refractivity contribution in [1.82, 2.24) is 9.78 Å². The van der Waals surface area contributed by atoms with Crippen LogP contribution in [0, 0.1) is 6.92 Å². The normalized spacial score (nSPS) is 11.1. The summed E-state index contributed by atoms with van der Waals surface area (Å²) >= 11 is 0. The zero-order valence-corrected chi connectivity index (χ0v) is 14.2. The van der Waals surface area contributed by atoms with Crippen molar-refractivity contribution in [3.05, 3.63) is 48.0 Å². The summed E-state index contributed by atoms with van der Waals surface area (Å²) in [7, 11) is 1.69. The number of aryl methyl sites for hydroxylation is 2. The van der Waals surface area contributed by atoms with E-state index in [1.807, 2.05) is 12.1 Å². The van der Waals surface area contributed by atoms with Gasteiger partial charge in [0.05, 0.1) is 12.6 Å². The van der Waals surface area contributed by atoms with E-state index in [0.717, 1.165) is 23.6 Å². The molecule has 0 aliphatic heterocycles. The molecular weight excluding hydrogens is 284 g/mol. The van der Waals surface area contributed by atoms with Crippen LogP contribution in [0.15, 0.2) is 42.5 Å². The zero-order valence-electron chi connectivity index (χ0n) is 14.2. The smallest absolute Gasteiger partial charge is 0.118 e. The Bertz CT molecular complexity index is 787. The first-order valence-corrected chi connectivity index (χ1v) is 8.35. The highest BCUT2D eigenvalue weighted by atomic mass is 16.5. The Balaban J connectivity index is 2.07. The number of unbranched alkanes of at least 4 members (excludes halogenated alkanes) is 2. The molecule has 0 radical (unpaired) electrons. The molecule has 0 saturated carbocycles. The summed E-state index contributed by atoms with van der Waals surface area (Å²) in [6.45, 7) is 5.37. The van der Waals surface area contributed by atoms with Crippen LogP contribution in [0.2, 0.25) is 0 Å². The van der Waals surface area contributed by atoms with Gasteiger partial charge in [-0.3, -0.25) is 4.68 Å². The van der Waals surface area contributed by atoms with Crippen LogP contribution in [0.3, 0.4) is 0 Å². The van der Waals surface area contributed by atoms with Gasteiger partial charge >= 0.3 is 0 Å². The van der Waals surface area contributed by atoms with Gasteiger partial charge in [0.15, 0.2) is 0 Å². The predicted octanol–water partition coefficient (Wildman–Crippen LogP) is 5.21. The fourth-order valence-electron chi connectivity index (χ4n) is 3.05. The molecule has 23 heavy (non-hydrogen) atoms. The molecule has 0 aliphatic carbocycles. The number of nitrogens with zero attached hydrogens (tertiary/aromatic N) is 2. The van der Waals surface area contributed by atoms with E-state index in [1.165, 1.54) is 35.7 Å². The van der Waals surface area contributed by atoms with Crippen LogP contribution in [-0.4, -0.2) is 16.9 Å².